The highest BCUT2D eigenvalue weighted by molar-refractivity contribution is 5.60. The Kier molecular flexibility index (Phi) is 3.88. The van der Waals surface area contributed by atoms with Crippen LogP contribution in [0, 0.1) is 17.1 Å². The van der Waals surface area contributed by atoms with Crippen LogP contribution >= 0.6 is 0 Å². The number of ether oxygens (including phenoxy) is 1. The van der Waals surface area contributed by atoms with Gasteiger partial charge in [-0.05, 0) is 31.2 Å². The molecule has 0 saturated carbocycles. The molecule has 0 aliphatic carbocycles. The van der Waals surface area contributed by atoms with Crippen LogP contribution in [0.15, 0.2) is 35.5 Å². The number of aliphatic imine (C=N–C) groups is 1. The summed E-state index contributed by atoms with van der Waals surface area (Å²) in [5, 5.41) is 13.1. The molecule has 0 radical (unpaired) electrons. The average molecular weight is 258 g/mol. The van der Waals surface area contributed by atoms with Gasteiger partial charge in [0, 0.05) is 0 Å². The first-order valence-corrected chi connectivity index (χ1v) is 5.64. The third-order valence-corrected chi connectivity index (χ3v) is 2.35. The summed E-state index contributed by atoms with van der Waals surface area (Å²) in [7, 11) is 0. The Morgan fingerprint density at radius 1 is 1.47 bits per heavy atom. The number of rotatable bonds is 4. The molecule has 2 aromatic rings. The summed E-state index contributed by atoms with van der Waals surface area (Å²) in [6.07, 6.45) is 2.67. The van der Waals surface area contributed by atoms with Gasteiger partial charge in [0.2, 0.25) is 0 Å². The molecule has 1 aromatic carbocycles. The Balaban J connectivity index is 2.43. The molecule has 5 nitrogen and oxygen atoms in total. The molecule has 0 fully saturated rings. The van der Waals surface area contributed by atoms with Gasteiger partial charge in [-0.3, -0.25) is 0 Å². The van der Waals surface area contributed by atoms with Crippen molar-refractivity contribution < 1.29 is 9.13 Å². The summed E-state index contributed by atoms with van der Waals surface area (Å²) >= 11 is 0. The first-order valence-electron chi connectivity index (χ1n) is 5.64. The van der Waals surface area contributed by atoms with E-state index in [1.165, 1.54) is 29.4 Å². The second-order valence-corrected chi connectivity index (χ2v) is 3.57. The van der Waals surface area contributed by atoms with Gasteiger partial charge < -0.3 is 4.74 Å². The molecule has 0 saturated heterocycles. The van der Waals surface area contributed by atoms with Crippen molar-refractivity contribution >= 4 is 12.2 Å². The van der Waals surface area contributed by atoms with Crippen molar-refractivity contribution in [3.63, 3.8) is 0 Å². The van der Waals surface area contributed by atoms with Crippen molar-refractivity contribution in [1.29, 1.82) is 5.26 Å². The first kappa shape index (κ1) is 12.8. The van der Waals surface area contributed by atoms with Crippen LogP contribution in [-0.4, -0.2) is 22.8 Å². The summed E-state index contributed by atoms with van der Waals surface area (Å²) in [5.74, 6) is 0.0124. The highest BCUT2D eigenvalue weighted by atomic mass is 19.1. The molecule has 2 rings (SSSR count). The number of benzene rings is 1. The Morgan fingerprint density at radius 3 is 2.84 bits per heavy atom. The molecular weight excluding hydrogens is 247 g/mol. The standard InChI is InChI=1S/C13H11FN4O/c1-2-19-9-16-13-10(7-15)8-17-18(13)12-5-3-11(14)4-6-12/h3-6,8-9H,2H2,1H3/b16-9+. The molecule has 0 amide bonds. The van der Waals surface area contributed by atoms with E-state index in [0.29, 0.717) is 23.7 Å². The quantitative estimate of drug-likeness (QED) is 0.625. The number of halogens is 1. The van der Waals surface area contributed by atoms with Crippen molar-refractivity contribution in [3.8, 4) is 11.8 Å². The fourth-order valence-electron chi connectivity index (χ4n) is 1.48. The van der Waals surface area contributed by atoms with Crippen LogP contribution in [0.25, 0.3) is 5.69 Å². The van der Waals surface area contributed by atoms with E-state index in [1.54, 1.807) is 12.1 Å². The molecule has 0 atom stereocenters. The van der Waals surface area contributed by atoms with E-state index in [0.717, 1.165) is 0 Å². The Labute approximate surface area is 109 Å². The van der Waals surface area contributed by atoms with Gasteiger partial charge >= 0.3 is 0 Å². The molecule has 0 aliphatic rings. The first-order chi connectivity index (χ1) is 9.26. The van der Waals surface area contributed by atoms with E-state index in [-0.39, 0.29) is 5.82 Å². The minimum absolute atomic E-state index is 0.320. The fourth-order valence-corrected chi connectivity index (χ4v) is 1.48. The van der Waals surface area contributed by atoms with Gasteiger partial charge in [-0.2, -0.15) is 15.4 Å². The van der Waals surface area contributed by atoms with Gasteiger partial charge in [0.05, 0.1) is 18.5 Å². The molecule has 0 N–H and O–H groups in total. The highest BCUT2D eigenvalue weighted by Crippen LogP contribution is 2.22. The maximum absolute atomic E-state index is 12.9. The molecule has 0 bridgehead atoms. The number of nitrogens with zero attached hydrogens (tertiary/aromatic N) is 4. The van der Waals surface area contributed by atoms with Crippen molar-refractivity contribution in [2.24, 2.45) is 4.99 Å². The summed E-state index contributed by atoms with van der Waals surface area (Å²) in [5.41, 5.74) is 0.937. The van der Waals surface area contributed by atoms with Crippen LogP contribution in [-0.2, 0) is 4.74 Å². The Morgan fingerprint density at radius 2 is 2.21 bits per heavy atom. The molecule has 0 aliphatic heterocycles. The summed E-state index contributed by atoms with van der Waals surface area (Å²) in [6.45, 7) is 2.31. The molecule has 1 heterocycles. The molecule has 6 heteroatoms. The maximum Gasteiger partial charge on any atom is 0.176 e. The van der Waals surface area contributed by atoms with Crippen LogP contribution in [0.4, 0.5) is 10.2 Å². The predicted molar refractivity (Wildman–Crippen MR) is 68.0 cm³/mol. The molecule has 1 aromatic heterocycles. The van der Waals surface area contributed by atoms with Crippen molar-refractivity contribution in [2.45, 2.75) is 6.92 Å². The maximum atomic E-state index is 12.9. The van der Waals surface area contributed by atoms with Crippen molar-refractivity contribution in [3.05, 3.63) is 41.8 Å². The van der Waals surface area contributed by atoms with Gasteiger partial charge in [0.25, 0.3) is 0 Å². The Bertz CT molecular complexity index is 625. The van der Waals surface area contributed by atoms with Crippen LogP contribution < -0.4 is 0 Å². The lowest BCUT2D eigenvalue weighted by molar-refractivity contribution is 0.343. The summed E-state index contributed by atoms with van der Waals surface area (Å²) in [6, 6.07) is 7.75. The lowest BCUT2D eigenvalue weighted by Crippen LogP contribution is -1.96. The summed E-state index contributed by atoms with van der Waals surface area (Å²) in [4.78, 5) is 4.06. The largest absolute Gasteiger partial charge is 0.483 e. The molecule has 19 heavy (non-hydrogen) atoms. The topological polar surface area (TPSA) is 63.2 Å². The fraction of sp³-hybridized carbons (Fsp3) is 0.154. The zero-order chi connectivity index (χ0) is 13.7. The van der Waals surface area contributed by atoms with Crippen molar-refractivity contribution in [2.75, 3.05) is 6.61 Å². The lowest BCUT2D eigenvalue weighted by atomic mass is 10.3. The SMILES string of the molecule is CCO/C=N/c1c(C#N)cnn1-c1ccc(F)cc1. The number of hydrogen-bond donors (Lipinski definition) is 0. The van der Waals surface area contributed by atoms with Crippen LogP contribution in [0.5, 0.6) is 0 Å². The van der Waals surface area contributed by atoms with E-state index >= 15 is 0 Å². The van der Waals surface area contributed by atoms with Crippen LogP contribution in [0.1, 0.15) is 12.5 Å². The molecule has 96 valence electrons. The third kappa shape index (κ3) is 2.77. The molecule has 0 unspecified atom stereocenters. The third-order valence-electron chi connectivity index (χ3n) is 2.35. The molecular formula is C13H11FN4O. The number of hydrogen-bond acceptors (Lipinski definition) is 4. The second kappa shape index (κ2) is 5.78. The smallest absolute Gasteiger partial charge is 0.176 e. The number of nitriles is 1. The van der Waals surface area contributed by atoms with Gasteiger partial charge in [-0.15, -0.1) is 0 Å². The second-order valence-electron chi connectivity index (χ2n) is 3.57. The highest BCUT2D eigenvalue weighted by Gasteiger charge is 2.11. The van der Waals surface area contributed by atoms with Crippen molar-refractivity contribution in [1.82, 2.24) is 9.78 Å². The van der Waals surface area contributed by atoms with E-state index in [9.17, 15) is 4.39 Å². The predicted octanol–water partition coefficient (Wildman–Crippen LogP) is 2.58. The lowest BCUT2D eigenvalue weighted by Gasteiger charge is -2.03. The minimum Gasteiger partial charge on any atom is -0.483 e. The Hall–Kier alpha value is -2.68. The van der Waals surface area contributed by atoms with E-state index in [4.69, 9.17) is 10.00 Å². The van der Waals surface area contributed by atoms with Gasteiger partial charge in [0.15, 0.2) is 12.2 Å². The normalized spacial score (nSPS) is 10.6. The average Bonchev–Trinajstić information content (AvgIpc) is 2.83. The monoisotopic (exact) mass is 258 g/mol. The zero-order valence-electron chi connectivity index (χ0n) is 10.2. The van der Waals surface area contributed by atoms with Crippen LogP contribution in [0.3, 0.4) is 0 Å². The van der Waals surface area contributed by atoms with E-state index < -0.39 is 0 Å². The van der Waals surface area contributed by atoms with Crippen LogP contribution in [0.2, 0.25) is 0 Å². The molecule has 0 spiro atoms. The number of aromatic nitrogens is 2. The van der Waals surface area contributed by atoms with E-state index in [2.05, 4.69) is 10.1 Å². The van der Waals surface area contributed by atoms with Gasteiger partial charge in [-0.1, -0.05) is 0 Å². The zero-order valence-corrected chi connectivity index (χ0v) is 10.2. The van der Waals surface area contributed by atoms with E-state index in [1.807, 2.05) is 13.0 Å². The van der Waals surface area contributed by atoms with Gasteiger partial charge in [-0.25, -0.2) is 9.07 Å². The van der Waals surface area contributed by atoms with Gasteiger partial charge in [0.1, 0.15) is 17.4 Å². The minimum atomic E-state index is -0.337. The summed E-state index contributed by atoms with van der Waals surface area (Å²) < 4.78 is 19.4.